The maximum absolute atomic E-state index is 10.7. The molecule has 0 heterocycles. The third-order valence-electron chi connectivity index (χ3n) is 1.42. The number of carbonyl (C=O) groups is 1. The van der Waals surface area contributed by atoms with Crippen molar-refractivity contribution in [3.8, 4) is 0 Å². The fourth-order valence-corrected chi connectivity index (χ4v) is 0.940. The molecule has 0 aliphatic rings. The summed E-state index contributed by atoms with van der Waals surface area (Å²) in [7, 11) is 0.625. The summed E-state index contributed by atoms with van der Waals surface area (Å²) >= 11 is 0. The zero-order chi connectivity index (χ0) is 8.81. The van der Waals surface area contributed by atoms with Gasteiger partial charge in [0.2, 0.25) is 0 Å². The fourth-order valence-electron chi connectivity index (χ4n) is 0.795. The molecule has 1 aromatic rings. The van der Waals surface area contributed by atoms with Gasteiger partial charge >= 0.3 is 6.09 Å². The lowest BCUT2D eigenvalue weighted by molar-refractivity contribution is 0.146. The first-order valence-electron chi connectivity index (χ1n) is 3.71. The Morgan fingerprint density at radius 1 is 1.42 bits per heavy atom. The molecule has 1 rings (SSSR count). The third-order valence-corrected chi connectivity index (χ3v) is 1.83. The predicted molar refractivity (Wildman–Crippen MR) is 49.7 cm³/mol. The molecular formula is C8H11NO2Si. The molecule has 0 aliphatic heterocycles. The van der Waals surface area contributed by atoms with Crippen molar-refractivity contribution in [3.05, 3.63) is 35.9 Å². The van der Waals surface area contributed by atoms with E-state index in [1.807, 2.05) is 30.3 Å². The molecule has 0 aliphatic carbocycles. The van der Waals surface area contributed by atoms with E-state index in [9.17, 15) is 4.79 Å². The van der Waals surface area contributed by atoms with E-state index < -0.39 is 0 Å². The minimum absolute atomic E-state index is 0.342. The van der Waals surface area contributed by atoms with E-state index in [1.165, 1.54) is 0 Å². The van der Waals surface area contributed by atoms with Gasteiger partial charge in [0.15, 0.2) is 0 Å². The van der Waals surface area contributed by atoms with E-state index >= 15 is 0 Å². The second-order valence-corrected chi connectivity index (χ2v) is 2.81. The zero-order valence-electron chi connectivity index (χ0n) is 6.91. The number of benzene rings is 1. The minimum Gasteiger partial charge on any atom is -0.445 e. The van der Waals surface area contributed by atoms with Gasteiger partial charge in [-0.3, -0.25) is 0 Å². The molecular weight excluding hydrogens is 170 g/mol. The summed E-state index contributed by atoms with van der Waals surface area (Å²) in [6.45, 7) is 0.342. The summed E-state index contributed by atoms with van der Waals surface area (Å²) in [4.78, 5) is 13.2. The average molecular weight is 181 g/mol. The van der Waals surface area contributed by atoms with Crippen LogP contribution in [0.4, 0.5) is 4.79 Å². The molecule has 0 aromatic heterocycles. The molecule has 1 amide bonds. The summed E-state index contributed by atoms with van der Waals surface area (Å²) in [5.74, 6) is 0. The lowest BCUT2D eigenvalue weighted by Crippen LogP contribution is -2.20. The number of amides is 1. The second-order valence-electron chi connectivity index (χ2n) is 2.31. The van der Waals surface area contributed by atoms with Crippen LogP contribution in [0.25, 0.3) is 0 Å². The summed E-state index contributed by atoms with van der Waals surface area (Å²) in [5, 5.41) is 0. The van der Waals surface area contributed by atoms with Gasteiger partial charge < -0.3 is 9.72 Å². The van der Waals surface area contributed by atoms with Crippen molar-refractivity contribution >= 4 is 16.5 Å². The highest BCUT2D eigenvalue weighted by molar-refractivity contribution is 6.12. The molecule has 0 spiro atoms. The van der Waals surface area contributed by atoms with E-state index in [4.69, 9.17) is 4.74 Å². The Labute approximate surface area is 74.2 Å². The third kappa shape index (κ3) is 2.75. The van der Waals surface area contributed by atoms with Crippen LogP contribution in [0.3, 0.4) is 0 Å². The molecule has 3 nitrogen and oxygen atoms in total. The Morgan fingerprint density at radius 3 is 2.67 bits per heavy atom. The molecule has 0 saturated heterocycles. The number of nitrogens with one attached hydrogen (secondary N) is 1. The smallest absolute Gasteiger partial charge is 0.398 e. The number of rotatable bonds is 2. The first-order valence-corrected chi connectivity index (χ1v) is 4.71. The van der Waals surface area contributed by atoms with Crippen LogP contribution in [0, 0.1) is 0 Å². The van der Waals surface area contributed by atoms with Gasteiger partial charge in [-0.05, 0) is 5.56 Å². The number of hydrogen-bond acceptors (Lipinski definition) is 2. The van der Waals surface area contributed by atoms with Crippen molar-refractivity contribution in [2.75, 3.05) is 0 Å². The van der Waals surface area contributed by atoms with Gasteiger partial charge in [0.05, 0.1) is 0 Å². The Morgan fingerprint density at radius 2 is 2.08 bits per heavy atom. The average Bonchev–Trinajstić information content (AvgIpc) is 2.16. The highest BCUT2D eigenvalue weighted by Gasteiger charge is 1.96. The maximum atomic E-state index is 10.7. The molecule has 0 atom stereocenters. The Kier molecular flexibility index (Phi) is 3.34. The summed E-state index contributed by atoms with van der Waals surface area (Å²) < 4.78 is 4.86. The molecule has 4 heteroatoms. The highest BCUT2D eigenvalue weighted by atomic mass is 28.2. The standard InChI is InChI=1S/C8H11NO2Si/c10-8(9-12)11-6-7-4-2-1-3-5-7/h1-5H,6H2,12H3,(H,9,10). The molecule has 64 valence electrons. The monoisotopic (exact) mass is 181 g/mol. The van der Waals surface area contributed by atoms with Crippen molar-refractivity contribution < 1.29 is 9.53 Å². The summed E-state index contributed by atoms with van der Waals surface area (Å²) in [6, 6.07) is 9.59. The Bertz CT molecular complexity index is 250. The largest absolute Gasteiger partial charge is 0.445 e. The van der Waals surface area contributed by atoms with Crippen LogP contribution in [-0.4, -0.2) is 16.5 Å². The van der Waals surface area contributed by atoms with Crippen molar-refractivity contribution in [1.82, 2.24) is 4.98 Å². The number of hydrogen-bond donors (Lipinski definition) is 1. The molecule has 1 aromatic carbocycles. The van der Waals surface area contributed by atoms with E-state index in [0.29, 0.717) is 17.0 Å². The second kappa shape index (κ2) is 4.56. The Hall–Kier alpha value is -1.29. The minimum atomic E-state index is -0.342. The topological polar surface area (TPSA) is 38.3 Å². The fraction of sp³-hybridized carbons (Fsp3) is 0.125. The molecule has 0 saturated carbocycles. The molecule has 0 radical (unpaired) electrons. The summed E-state index contributed by atoms with van der Waals surface area (Å²) in [6.07, 6.45) is -0.342. The van der Waals surface area contributed by atoms with Crippen LogP contribution in [-0.2, 0) is 11.3 Å². The quantitative estimate of drug-likeness (QED) is 0.662. The lowest BCUT2D eigenvalue weighted by Gasteiger charge is -2.02. The van der Waals surface area contributed by atoms with Gasteiger partial charge in [-0.15, -0.1) is 0 Å². The van der Waals surface area contributed by atoms with Gasteiger partial charge in [0.25, 0.3) is 0 Å². The van der Waals surface area contributed by atoms with E-state index in [2.05, 4.69) is 4.98 Å². The van der Waals surface area contributed by atoms with Gasteiger partial charge in [0, 0.05) is 0 Å². The lowest BCUT2D eigenvalue weighted by atomic mass is 10.2. The van der Waals surface area contributed by atoms with Crippen LogP contribution in [0.5, 0.6) is 0 Å². The zero-order valence-corrected chi connectivity index (χ0v) is 8.91. The van der Waals surface area contributed by atoms with Gasteiger partial charge in [-0.2, -0.15) is 0 Å². The number of ether oxygens (including phenoxy) is 1. The predicted octanol–water partition coefficient (Wildman–Crippen LogP) is 0.193. The molecule has 12 heavy (non-hydrogen) atoms. The number of carbonyl (C=O) groups excluding carboxylic acids is 1. The normalized spacial score (nSPS) is 9.33. The van der Waals surface area contributed by atoms with Crippen molar-refractivity contribution in [2.24, 2.45) is 0 Å². The van der Waals surface area contributed by atoms with Crippen molar-refractivity contribution in [2.45, 2.75) is 6.61 Å². The van der Waals surface area contributed by atoms with Gasteiger partial charge in [-0.1, -0.05) is 30.3 Å². The van der Waals surface area contributed by atoms with Crippen LogP contribution in [0.1, 0.15) is 5.56 Å². The van der Waals surface area contributed by atoms with Crippen molar-refractivity contribution in [1.29, 1.82) is 0 Å². The molecule has 0 fully saturated rings. The Balaban J connectivity index is 2.38. The molecule has 0 unspecified atom stereocenters. The first kappa shape index (κ1) is 8.80. The first-order chi connectivity index (χ1) is 5.83. The van der Waals surface area contributed by atoms with Crippen LogP contribution in [0.2, 0.25) is 0 Å². The van der Waals surface area contributed by atoms with E-state index in [0.717, 1.165) is 5.56 Å². The highest BCUT2D eigenvalue weighted by Crippen LogP contribution is 1.99. The van der Waals surface area contributed by atoms with Crippen LogP contribution >= 0.6 is 0 Å². The maximum Gasteiger partial charge on any atom is 0.398 e. The van der Waals surface area contributed by atoms with Gasteiger partial charge in [-0.25, -0.2) is 4.79 Å². The molecule has 1 N–H and O–H groups in total. The van der Waals surface area contributed by atoms with E-state index in [-0.39, 0.29) is 6.09 Å². The van der Waals surface area contributed by atoms with Gasteiger partial charge in [0.1, 0.15) is 17.0 Å². The van der Waals surface area contributed by atoms with Crippen LogP contribution < -0.4 is 4.98 Å². The van der Waals surface area contributed by atoms with Crippen LogP contribution in [0.15, 0.2) is 30.3 Å². The van der Waals surface area contributed by atoms with E-state index in [1.54, 1.807) is 0 Å². The molecule has 0 bridgehead atoms. The SMILES string of the molecule is O=C(N[SiH3])OCc1ccccc1. The van der Waals surface area contributed by atoms with Crippen molar-refractivity contribution in [3.63, 3.8) is 0 Å². The summed E-state index contributed by atoms with van der Waals surface area (Å²) in [5.41, 5.74) is 1.00.